The Hall–Kier alpha value is -3.87. The number of aliphatic imine (C=N–C) groups is 1. The van der Waals surface area contributed by atoms with Crippen molar-refractivity contribution in [1.29, 1.82) is 0 Å². The number of carbonyl (C=O) groups excluding carboxylic acids is 1. The van der Waals surface area contributed by atoms with Crippen molar-refractivity contribution >= 4 is 24.0 Å². The minimum atomic E-state index is -0.249. The van der Waals surface area contributed by atoms with Crippen LogP contribution in [0.5, 0.6) is 11.5 Å². The second-order valence-electron chi connectivity index (χ2n) is 7.21. The van der Waals surface area contributed by atoms with Gasteiger partial charge in [0.1, 0.15) is 17.2 Å². The molecule has 0 fully saturated rings. The van der Waals surface area contributed by atoms with E-state index in [1.807, 2.05) is 24.3 Å². The van der Waals surface area contributed by atoms with Gasteiger partial charge in [0.05, 0.1) is 6.67 Å². The van der Waals surface area contributed by atoms with Gasteiger partial charge in [-0.2, -0.15) is 0 Å². The van der Waals surface area contributed by atoms with Gasteiger partial charge in [0, 0.05) is 37.7 Å². The van der Waals surface area contributed by atoms with E-state index in [9.17, 15) is 4.79 Å². The molecule has 0 saturated carbocycles. The lowest BCUT2D eigenvalue weighted by atomic mass is 10.0. The molecule has 7 nitrogen and oxygen atoms in total. The highest BCUT2D eigenvalue weighted by Gasteiger charge is 2.07. The molecule has 168 valence electrons. The molecular formula is C25H31N5O2. The van der Waals surface area contributed by atoms with Crippen molar-refractivity contribution in [2.24, 2.45) is 4.99 Å². The molecule has 0 aliphatic carbocycles. The number of carbonyl (C=O) groups is 1. The summed E-state index contributed by atoms with van der Waals surface area (Å²) >= 11 is 0. The van der Waals surface area contributed by atoms with Gasteiger partial charge < -0.3 is 25.7 Å². The maximum Gasteiger partial charge on any atom is 0.269 e. The number of nitrogens with zero attached hydrogens (tertiary/aromatic N) is 2. The summed E-state index contributed by atoms with van der Waals surface area (Å²) in [4.78, 5) is 18.9. The first-order valence-electron chi connectivity index (χ1n) is 10.4. The highest BCUT2D eigenvalue weighted by molar-refractivity contribution is 5.92. The fourth-order valence-electron chi connectivity index (χ4n) is 2.74. The number of hydrogen-bond acceptors (Lipinski definition) is 6. The molecule has 7 heteroatoms. The Morgan fingerprint density at radius 3 is 2.09 bits per heavy atom. The number of aromatic nitrogens is 1. The normalized spacial score (nSPS) is 9.91. The predicted octanol–water partition coefficient (Wildman–Crippen LogP) is 5.16. The summed E-state index contributed by atoms with van der Waals surface area (Å²) < 4.78 is 5.81. The smallest absolute Gasteiger partial charge is 0.269 e. The molecule has 1 aromatic heterocycles. The van der Waals surface area contributed by atoms with Gasteiger partial charge in [0.25, 0.3) is 5.91 Å². The number of nitrogens with one attached hydrogen (secondary N) is 3. The lowest BCUT2D eigenvalue weighted by molar-refractivity contribution is 0.0958. The molecule has 0 bridgehead atoms. The average Bonchev–Trinajstić information content (AvgIpc) is 2.81. The van der Waals surface area contributed by atoms with Crippen molar-refractivity contribution in [1.82, 2.24) is 10.3 Å². The molecular weight excluding hydrogens is 402 g/mol. The fraction of sp³-hybridized carbons (Fsp3) is 0.240. The number of rotatable bonds is 8. The third kappa shape index (κ3) is 7.75. The second kappa shape index (κ2) is 12.7. The van der Waals surface area contributed by atoms with E-state index in [2.05, 4.69) is 70.8 Å². The van der Waals surface area contributed by atoms with Crippen LogP contribution in [0.3, 0.4) is 0 Å². The summed E-state index contributed by atoms with van der Waals surface area (Å²) in [7, 11) is 3.21. The monoisotopic (exact) mass is 433 g/mol. The van der Waals surface area contributed by atoms with Crippen molar-refractivity contribution in [3.05, 3.63) is 78.1 Å². The van der Waals surface area contributed by atoms with Crippen LogP contribution in [0.15, 0.2) is 71.9 Å². The quantitative estimate of drug-likeness (QED) is 0.338. The highest BCUT2D eigenvalue weighted by atomic mass is 16.5. The van der Waals surface area contributed by atoms with Crippen LogP contribution in [0.4, 0.5) is 11.4 Å². The molecule has 3 N–H and O–H groups in total. The number of ether oxygens (including phenoxy) is 1. The van der Waals surface area contributed by atoms with Crippen LogP contribution >= 0.6 is 0 Å². The maximum absolute atomic E-state index is 11.7. The number of hydrogen-bond donors (Lipinski definition) is 3. The molecule has 0 aliphatic rings. The molecule has 3 rings (SSSR count). The van der Waals surface area contributed by atoms with Crippen molar-refractivity contribution in [3.8, 4) is 11.5 Å². The molecule has 0 atom stereocenters. The Kier molecular flexibility index (Phi) is 9.71. The zero-order valence-electron chi connectivity index (χ0n) is 19.1. The third-order valence-corrected chi connectivity index (χ3v) is 4.44. The highest BCUT2D eigenvalue weighted by Crippen LogP contribution is 2.23. The zero-order chi connectivity index (χ0) is 23.3. The van der Waals surface area contributed by atoms with Gasteiger partial charge in [0.15, 0.2) is 0 Å². The minimum Gasteiger partial charge on any atom is -0.457 e. The Morgan fingerprint density at radius 1 is 1.00 bits per heavy atom. The molecule has 2 aromatic carbocycles. The van der Waals surface area contributed by atoms with Gasteiger partial charge in [-0.25, -0.2) is 0 Å². The molecule has 0 saturated heterocycles. The topological polar surface area (TPSA) is 87.6 Å². The molecule has 0 aliphatic heterocycles. The molecule has 1 heterocycles. The summed E-state index contributed by atoms with van der Waals surface area (Å²) in [5, 5.41) is 9.22. The first kappa shape index (κ1) is 24.4. The largest absolute Gasteiger partial charge is 0.457 e. The summed E-state index contributed by atoms with van der Waals surface area (Å²) in [5.74, 6) is 1.53. The van der Waals surface area contributed by atoms with Crippen molar-refractivity contribution in [2.75, 3.05) is 31.4 Å². The summed E-state index contributed by atoms with van der Waals surface area (Å²) in [6.07, 6.45) is 1.55. The van der Waals surface area contributed by atoms with E-state index in [0.717, 1.165) is 11.4 Å². The molecule has 32 heavy (non-hydrogen) atoms. The lowest BCUT2D eigenvalue weighted by Crippen LogP contribution is -2.18. The van der Waals surface area contributed by atoms with Gasteiger partial charge in [0.2, 0.25) is 0 Å². The fourth-order valence-corrected chi connectivity index (χ4v) is 2.74. The van der Waals surface area contributed by atoms with E-state index in [1.54, 1.807) is 32.4 Å². The lowest BCUT2D eigenvalue weighted by Gasteiger charge is -2.12. The number of benzene rings is 2. The average molecular weight is 434 g/mol. The van der Waals surface area contributed by atoms with Crippen LogP contribution < -0.4 is 20.7 Å². The van der Waals surface area contributed by atoms with Crippen LogP contribution in [0.2, 0.25) is 0 Å². The van der Waals surface area contributed by atoms with E-state index in [-0.39, 0.29) is 5.91 Å². The molecule has 1 amide bonds. The van der Waals surface area contributed by atoms with E-state index in [1.165, 1.54) is 5.56 Å². The van der Waals surface area contributed by atoms with Crippen molar-refractivity contribution in [2.45, 2.75) is 19.8 Å². The Balaban J connectivity index is 0.00000114. The van der Waals surface area contributed by atoms with Crippen LogP contribution in [-0.2, 0) is 0 Å². The number of pyridine rings is 1. The van der Waals surface area contributed by atoms with Gasteiger partial charge >= 0.3 is 0 Å². The van der Waals surface area contributed by atoms with E-state index in [4.69, 9.17) is 4.74 Å². The Bertz CT molecular complexity index is 986. The van der Waals surface area contributed by atoms with Crippen LogP contribution in [0, 0.1) is 0 Å². The predicted molar refractivity (Wildman–Crippen MR) is 132 cm³/mol. The zero-order valence-corrected chi connectivity index (χ0v) is 19.1. The van der Waals surface area contributed by atoms with Crippen molar-refractivity contribution in [3.63, 3.8) is 0 Å². The van der Waals surface area contributed by atoms with E-state index < -0.39 is 0 Å². The van der Waals surface area contributed by atoms with Crippen LogP contribution in [0.1, 0.15) is 35.8 Å². The molecule has 0 radical (unpaired) electrons. The molecule has 3 aromatic rings. The standard InChI is InChI=1S/C23H26N4O2.C2H5N/c1-16(2)17-4-6-18(7-5-17)26-15-27-19-8-10-20(11-9-19)29-21-12-13-25-22(14-21)23(28)24-3;1-3-2/h4-14,16,26-27H,15H2,1-3H3,(H,24,28);1H2,2H3. The van der Waals surface area contributed by atoms with E-state index in [0.29, 0.717) is 29.8 Å². The van der Waals surface area contributed by atoms with Gasteiger partial charge in [-0.15, -0.1) is 0 Å². The van der Waals surface area contributed by atoms with Gasteiger partial charge in [-0.3, -0.25) is 9.78 Å². The Labute approximate surface area is 190 Å². The van der Waals surface area contributed by atoms with E-state index >= 15 is 0 Å². The number of amides is 1. The van der Waals surface area contributed by atoms with Crippen molar-refractivity contribution < 1.29 is 9.53 Å². The summed E-state index contributed by atoms with van der Waals surface area (Å²) in [6, 6.07) is 19.4. The first-order valence-corrected chi connectivity index (χ1v) is 10.4. The molecule has 0 spiro atoms. The minimum absolute atomic E-state index is 0.249. The third-order valence-electron chi connectivity index (χ3n) is 4.44. The van der Waals surface area contributed by atoms with Crippen LogP contribution in [0.25, 0.3) is 0 Å². The molecule has 0 unspecified atom stereocenters. The maximum atomic E-state index is 11.7. The van der Waals surface area contributed by atoms with Crippen LogP contribution in [-0.4, -0.2) is 38.4 Å². The van der Waals surface area contributed by atoms with Gasteiger partial charge in [-0.05, 0) is 60.7 Å². The second-order valence-corrected chi connectivity index (χ2v) is 7.21. The number of anilines is 2. The Morgan fingerprint density at radius 2 is 1.56 bits per heavy atom. The summed E-state index contributed by atoms with van der Waals surface area (Å²) in [6.45, 7) is 8.10. The van der Waals surface area contributed by atoms with Gasteiger partial charge in [-0.1, -0.05) is 26.0 Å². The first-order chi connectivity index (χ1) is 15.5. The SMILES string of the molecule is C=NC.CNC(=O)c1cc(Oc2ccc(NCNc3ccc(C(C)C)cc3)cc2)ccn1. The summed E-state index contributed by atoms with van der Waals surface area (Å²) in [5.41, 5.74) is 3.70.